The van der Waals surface area contributed by atoms with Crippen molar-refractivity contribution in [1.82, 2.24) is 9.80 Å². The zero-order valence-electron chi connectivity index (χ0n) is 14.5. The van der Waals surface area contributed by atoms with Crippen LogP contribution >= 0.6 is 0 Å². The molecule has 0 radical (unpaired) electrons. The van der Waals surface area contributed by atoms with Crippen molar-refractivity contribution in [2.45, 2.75) is 43.7 Å². The van der Waals surface area contributed by atoms with Crippen molar-refractivity contribution >= 4 is 11.8 Å². The zero-order valence-corrected chi connectivity index (χ0v) is 14.5. The van der Waals surface area contributed by atoms with Crippen LogP contribution in [0.5, 0.6) is 0 Å². The normalized spacial score (nSPS) is 32.5. The monoisotopic (exact) mass is 363 g/mol. The molecule has 4 saturated heterocycles. The Morgan fingerprint density at radius 2 is 1.85 bits per heavy atom. The highest BCUT2D eigenvalue weighted by molar-refractivity contribution is 5.83. The van der Waals surface area contributed by atoms with Crippen LogP contribution in [-0.2, 0) is 9.59 Å². The summed E-state index contributed by atoms with van der Waals surface area (Å²) in [4.78, 5) is 27.9. The zero-order chi connectivity index (χ0) is 18.4. The average molecular weight is 363 g/mol. The lowest BCUT2D eigenvalue weighted by atomic mass is 9.75. The molecule has 7 heteroatoms. The fourth-order valence-corrected chi connectivity index (χ4v) is 5.16. The molecule has 1 aromatic rings. The summed E-state index contributed by atoms with van der Waals surface area (Å²) in [7, 11) is 0. The summed E-state index contributed by atoms with van der Waals surface area (Å²) in [6, 6.07) is 4.29. The fraction of sp³-hybridized carbons (Fsp3) is 0.579. The molecule has 140 valence electrons. The van der Waals surface area contributed by atoms with Gasteiger partial charge in [-0.05, 0) is 43.5 Å². The number of carbonyl (C=O) groups is 2. The molecule has 0 aliphatic carbocycles. The number of hydrogen-bond acceptors (Lipinski definition) is 3. The summed E-state index contributed by atoms with van der Waals surface area (Å²) in [6.45, 7) is 2.23. The van der Waals surface area contributed by atoms with E-state index in [9.17, 15) is 18.4 Å². The molecule has 2 bridgehead atoms. The van der Waals surface area contributed by atoms with E-state index in [1.165, 1.54) is 6.07 Å². The number of likely N-dealkylation sites (tertiary alicyclic amines) is 1. The van der Waals surface area contributed by atoms with Gasteiger partial charge in [0, 0.05) is 31.3 Å². The minimum atomic E-state index is -0.853. The van der Waals surface area contributed by atoms with Crippen LogP contribution < -0.4 is 5.73 Å². The Kier molecular flexibility index (Phi) is 4.42. The van der Waals surface area contributed by atoms with E-state index < -0.39 is 17.5 Å². The minimum Gasteiger partial charge on any atom is -0.370 e. The van der Waals surface area contributed by atoms with Gasteiger partial charge in [0.05, 0.1) is 6.04 Å². The van der Waals surface area contributed by atoms with E-state index in [2.05, 4.69) is 4.90 Å². The van der Waals surface area contributed by atoms with Gasteiger partial charge in [0.25, 0.3) is 0 Å². The number of halogens is 2. The molecule has 4 fully saturated rings. The third kappa shape index (κ3) is 2.78. The first kappa shape index (κ1) is 17.4. The number of nitrogens with two attached hydrogens (primary N) is 1. The van der Waals surface area contributed by atoms with Crippen molar-refractivity contribution in [3.05, 3.63) is 35.4 Å². The first-order chi connectivity index (χ1) is 12.5. The number of hydrogen-bond donors (Lipinski definition) is 1. The molecule has 1 aromatic carbocycles. The predicted molar refractivity (Wildman–Crippen MR) is 91.1 cm³/mol. The van der Waals surface area contributed by atoms with Crippen molar-refractivity contribution in [2.24, 2.45) is 11.7 Å². The molecule has 2 amide bonds. The predicted octanol–water partition coefficient (Wildman–Crippen LogP) is 1.62. The summed E-state index contributed by atoms with van der Waals surface area (Å²) in [6.07, 6.45) is 2.11. The Morgan fingerprint density at radius 1 is 1.12 bits per heavy atom. The van der Waals surface area contributed by atoms with Gasteiger partial charge in [0.1, 0.15) is 0 Å². The Labute approximate surface area is 151 Å². The first-order valence-electron chi connectivity index (χ1n) is 9.23. The number of primary amides is 1. The highest BCUT2D eigenvalue weighted by Crippen LogP contribution is 2.47. The number of benzene rings is 1. The summed E-state index contributed by atoms with van der Waals surface area (Å²) in [5, 5.41) is 0. The Morgan fingerprint density at radius 3 is 2.54 bits per heavy atom. The molecule has 0 unspecified atom stereocenters. The second-order valence-electron chi connectivity index (χ2n) is 7.62. The number of rotatable bonds is 4. The number of nitrogens with zero attached hydrogens (tertiary/aromatic N) is 2. The van der Waals surface area contributed by atoms with Crippen molar-refractivity contribution in [2.75, 3.05) is 19.6 Å². The summed E-state index contributed by atoms with van der Waals surface area (Å²) < 4.78 is 28.3. The quantitative estimate of drug-likeness (QED) is 0.884. The summed E-state index contributed by atoms with van der Waals surface area (Å²) >= 11 is 0. The van der Waals surface area contributed by atoms with Gasteiger partial charge in [-0.15, -0.1) is 0 Å². The van der Waals surface area contributed by atoms with Crippen LogP contribution in [0.1, 0.15) is 37.2 Å². The average Bonchev–Trinajstić information content (AvgIpc) is 3.05. The molecule has 26 heavy (non-hydrogen) atoms. The van der Waals surface area contributed by atoms with Gasteiger partial charge in [-0.3, -0.25) is 14.5 Å². The molecule has 4 heterocycles. The molecule has 5 rings (SSSR count). The Hall–Kier alpha value is -2.02. The van der Waals surface area contributed by atoms with Crippen LogP contribution in [0.15, 0.2) is 18.2 Å². The Balaban J connectivity index is 1.67. The van der Waals surface area contributed by atoms with Crippen LogP contribution in [0.4, 0.5) is 8.78 Å². The third-order valence-electron chi connectivity index (χ3n) is 6.28. The van der Waals surface area contributed by atoms with E-state index in [4.69, 9.17) is 5.73 Å². The van der Waals surface area contributed by atoms with E-state index in [0.717, 1.165) is 32.0 Å². The lowest BCUT2D eigenvalue weighted by molar-refractivity contribution is -0.137. The smallest absolute Gasteiger partial charge is 0.223 e. The molecule has 4 aliphatic heterocycles. The highest BCUT2D eigenvalue weighted by Gasteiger charge is 2.55. The van der Waals surface area contributed by atoms with Crippen molar-refractivity contribution < 1.29 is 18.4 Å². The Bertz CT molecular complexity index is 733. The van der Waals surface area contributed by atoms with Crippen molar-refractivity contribution in [1.29, 1.82) is 0 Å². The van der Waals surface area contributed by atoms with Crippen LogP contribution in [0.25, 0.3) is 0 Å². The SMILES string of the molecule is NC(=O)CCC(=O)N1C[C@H](c2cccc(F)c2F)[C@H]2[C@@H]1C1CCN2CC1. The number of amides is 2. The fourth-order valence-electron chi connectivity index (χ4n) is 5.16. The van der Waals surface area contributed by atoms with E-state index >= 15 is 0 Å². The van der Waals surface area contributed by atoms with E-state index in [1.54, 1.807) is 11.0 Å². The van der Waals surface area contributed by atoms with E-state index in [-0.39, 0.29) is 36.8 Å². The standard InChI is InChI=1S/C19H23F2N3O2/c20-14-3-1-2-12(17(14)21)13-10-24(16(26)5-4-15(22)25)18-11-6-8-23(9-7-11)19(13)18/h1-3,11,13,18-19H,4-10H2,(H2,22,25)/t13-,18+,19+/m1/s1. The topological polar surface area (TPSA) is 66.6 Å². The maximum atomic E-state index is 14.5. The van der Waals surface area contributed by atoms with E-state index in [1.807, 2.05) is 0 Å². The lowest BCUT2D eigenvalue weighted by Gasteiger charge is -2.51. The van der Waals surface area contributed by atoms with E-state index in [0.29, 0.717) is 18.0 Å². The largest absolute Gasteiger partial charge is 0.370 e. The molecule has 0 aromatic heterocycles. The van der Waals surface area contributed by atoms with Crippen LogP contribution in [0.2, 0.25) is 0 Å². The lowest BCUT2D eigenvalue weighted by Crippen LogP contribution is -2.60. The molecule has 4 aliphatic rings. The van der Waals surface area contributed by atoms with Crippen LogP contribution in [0, 0.1) is 17.6 Å². The van der Waals surface area contributed by atoms with Gasteiger partial charge >= 0.3 is 0 Å². The third-order valence-corrected chi connectivity index (χ3v) is 6.28. The molecule has 2 N–H and O–H groups in total. The van der Waals surface area contributed by atoms with Gasteiger partial charge in [0.15, 0.2) is 11.6 Å². The number of piperidine rings is 3. The molecule has 0 spiro atoms. The molecule has 5 nitrogen and oxygen atoms in total. The minimum absolute atomic E-state index is 0.00513. The number of carbonyl (C=O) groups excluding carboxylic acids is 2. The second kappa shape index (κ2) is 6.61. The van der Waals surface area contributed by atoms with Gasteiger partial charge in [0.2, 0.25) is 11.8 Å². The summed E-state index contributed by atoms with van der Waals surface area (Å²) in [5.74, 6) is -2.16. The highest BCUT2D eigenvalue weighted by atomic mass is 19.2. The van der Waals surface area contributed by atoms with Crippen molar-refractivity contribution in [3.8, 4) is 0 Å². The maximum Gasteiger partial charge on any atom is 0.223 e. The summed E-state index contributed by atoms with van der Waals surface area (Å²) in [5.41, 5.74) is 5.52. The van der Waals surface area contributed by atoms with Crippen LogP contribution in [0.3, 0.4) is 0 Å². The molecule has 3 atom stereocenters. The van der Waals surface area contributed by atoms with Gasteiger partial charge in [-0.25, -0.2) is 8.78 Å². The molecular formula is C19H23F2N3O2. The van der Waals surface area contributed by atoms with Gasteiger partial charge < -0.3 is 10.6 Å². The van der Waals surface area contributed by atoms with Gasteiger partial charge in [-0.2, -0.15) is 0 Å². The second-order valence-corrected chi connectivity index (χ2v) is 7.62. The maximum absolute atomic E-state index is 14.5. The molecule has 0 saturated carbocycles. The van der Waals surface area contributed by atoms with Gasteiger partial charge in [-0.1, -0.05) is 12.1 Å². The van der Waals surface area contributed by atoms with Crippen molar-refractivity contribution in [3.63, 3.8) is 0 Å². The molecular weight excluding hydrogens is 340 g/mol. The van der Waals surface area contributed by atoms with Crippen LogP contribution in [-0.4, -0.2) is 53.3 Å². The number of fused-ring (bicyclic) bond motifs is 2. The first-order valence-corrected chi connectivity index (χ1v) is 9.23.